The molecular weight excluding hydrogens is 250 g/mol. The average molecular weight is 263 g/mol. The highest BCUT2D eigenvalue weighted by Gasteiger charge is 2.22. The molecular formula is C12H13ClF2O2. The Bertz CT molecular complexity index is 398. The molecule has 5 heteroatoms. The second kappa shape index (κ2) is 5.08. The van der Waals surface area contributed by atoms with E-state index in [1.807, 2.05) is 6.92 Å². The molecule has 0 fully saturated rings. The minimum Gasteiger partial charge on any atom is -0.489 e. The highest BCUT2D eigenvalue weighted by atomic mass is 35.5. The van der Waals surface area contributed by atoms with Crippen LogP contribution in [0, 0.1) is 5.92 Å². The lowest BCUT2D eigenvalue weighted by atomic mass is 10.1. The second-order valence-electron chi connectivity index (χ2n) is 4.17. The molecule has 17 heavy (non-hydrogen) atoms. The molecule has 1 aromatic rings. The predicted octanol–water partition coefficient (Wildman–Crippen LogP) is 3.64. The SMILES string of the molecule is CC1COc2ccc(C(Cl)C(F)F)cc2OC1. The van der Waals surface area contributed by atoms with Gasteiger partial charge in [0.1, 0.15) is 5.38 Å². The summed E-state index contributed by atoms with van der Waals surface area (Å²) in [5, 5.41) is -1.32. The van der Waals surface area contributed by atoms with Gasteiger partial charge in [0.05, 0.1) is 13.2 Å². The van der Waals surface area contributed by atoms with Gasteiger partial charge in [-0.15, -0.1) is 11.6 Å². The monoisotopic (exact) mass is 262 g/mol. The molecule has 0 aliphatic carbocycles. The van der Waals surface area contributed by atoms with Gasteiger partial charge >= 0.3 is 0 Å². The molecule has 0 amide bonds. The predicted molar refractivity (Wildman–Crippen MR) is 61.2 cm³/mol. The van der Waals surface area contributed by atoms with Gasteiger partial charge in [0.25, 0.3) is 6.43 Å². The van der Waals surface area contributed by atoms with Crippen molar-refractivity contribution in [1.29, 1.82) is 0 Å². The summed E-state index contributed by atoms with van der Waals surface area (Å²) in [6.07, 6.45) is -2.60. The first-order valence-corrected chi connectivity index (χ1v) is 5.83. The van der Waals surface area contributed by atoms with Crippen molar-refractivity contribution in [3.05, 3.63) is 23.8 Å². The molecule has 0 saturated carbocycles. The third-order valence-corrected chi connectivity index (χ3v) is 3.00. The lowest BCUT2D eigenvalue weighted by molar-refractivity contribution is 0.143. The van der Waals surface area contributed by atoms with Gasteiger partial charge in [-0.25, -0.2) is 8.78 Å². The molecule has 0 saturated heterocycles. The Morgan fingerprint density at radius 1 is 1.24 bits per heavy atom. The molecule has 2 atom stereocenters. The van der Waals surface area contributed by atoms with Crippen LogP contribution in [0.3, 0.4) is 0 Å². The lowest BCUT2D eigenvalue weighted by Gasteiger charge is -2.12. The highest BCUT2D eigenvalue weighted by molar-refractivity contribution is 6.21. The van der Waals surface area contributed by atoms with Crippen LogP contribution in [0.15, 0.2) is 18.2 Å². The summed E-state index contributed by atoms with van der Waals surface area (Å²) in [6.45, 7) is 3.07. The molecule has 0 spiro atoms. The van der Waals surface area contributed by atoms with Gasteiger partial charge in [-0.2, -0.15) is 0 Å². The van der Waals surface area contributed by atoms with E-state index in [0.717, 1.165) is 0 Å². The number of alkyl halides is 3. The molecule has 0 N–H and O–H groups in total. The fraction of sp³-hybridized carbons (Fsp3) is 0.500. The molecule has 1 heterocycles. The first kappa shape index (κ1) is 12.4. The van der Waals surface area contributed by atoms with Crippen molar-refractivity contribution in [2.45, 2.75) is 18.7 Å². The molecule has 0 bridgehead atoms. The Hall–Kier alpha value is -1.03. The molecule has 2 rings (SSSR count). The van der Waals surface area contributed by atoms with E-state index >= 15 is 0 Å². The smallest absolute Gasteiger partial charge is 0.258 e. The maximum Gasteiger partial charge on any atom is 0.258 e. The van der Waals surface area contributed by atoms with Crippen molar-refractivity contribution >= 4 is 11.6 Å². The summed E-state index contributed by atoms with van der Waals surface area (Å²) in [6, 6.07) is 4.69. The van der Waals surface area contributed by atoms with E-state index in [1.165, 1.54) is 6.07 Å². The summed E-state index contributed by atoms with van der Waals surface area (Å²) < 4.78 is 36.0. The zero-order chi connectivity index (χ0) is 12.4. The van der Waals surface area contributed by atoms with E-state index < -0.39 is 11.8 Å². The maximum absolute atomic E-state index is 12.5. The highest BCUT2D eigenvalue weighted by Crippen LogP contribution is 2.36. The van der Waals surface area contributed by atoms with Crippen LogP contribution in [0.4, 0.5) is 8.78 Å². The van der Waals surface area contributed by atoms with Crippen molar-refractivity contribution in [2.75, 3.05) is 13.2 Å². The Kier molecular flexibility index (Phi) is 3.72. The van der Waals surface area contributed by atoms with Crippen molar-refractivity contribution in [2.24, 2.45) is 5.92 Å². The molecule has 1 aliphatic heterocycles. The van der Waals surface area contributed by atoms with Crippen molar-refractivity contribution in [1.82, 2.24) is 0 Å². The molecule has 1 aromatic carbocycles. The van der Waals surface area contributed by atoms with Gasteiger partial charge < -0.3 is 9.47 Å². The number of hydrogen-bond donors (Lipinski definition) is 0. The minimum atomic E-state index is -2.60. The maximum atomic E-state index is 12.5. The molecule has 94 valence electrons. The quantitative estimate of drug-likeness (QED) is 0.758. The van der Waals surface area contributed by atoms with Crippen molar-refractivity contribution in [3.8, 4) is 11.5 Å². The number of benzene rings is 1. The zero-order valence-electron chi connectivity index (χ0n) is 9.33. The Morgan fingerprint density at radius 3 is 2.53 bits per heavy atom. The fourth-order valence-corrected chi connectivity index (χ4v) is 1.72. The van der Waals surface area contributed by atoms with Crippen LogP contribution in [0.2, 0.25) is 0 Å². The van der Waals surface area contributed by atoms with E-state index in [0.29, 0.717) is 30.3 Å². The number of fused-ring (bicyclic) bond motifs is 1. The number of rotatable bonds is 2. The van der Waals surface area contributed by atoms with Crippen LogP contribution in [-0.2, 0) is 0 Å². The number of halogens is 3. The van der Waals surface area contributed by atoms with Crippen LogP contribution in [0.25, 0.3) is 0 Å². The summed E-state index contributed by atoms with van der Waals surface area (Å²) >= 11 is 5.61. The van der Waals surface area contributed by atoms with Gasteiger partial charge in [0.2, 0.25) is 0 Å². The van der Waals surface area contributed by atoms with Gasteiger partial charge in [-0.05, 0) is 17.7 Å². The summed E-state index contributed by atoms with van der Waals surface area (Å²) in [4.78, 5) is 0. The van der Waals surface area contributed by atoms with E-state index in [9.17, 15) is 8.78 Å². The largest absolute Gasteiger partial charge is 0.489 e. The van der Waals surface area contributed by atoms with E-state index in [1.54, 1.807) is 12.1 Å². The summed E-state index contributed by atoms with van der Waals surface area (Å²) in [5.41, 5.74) is 0.346. The molecule has 0 aromatic heterocycles. The number of ether oxygens (including phenoxy) is 2. The van der Waals surface area contributed by atoms with E-state index in [2.05, 4.69) is 0 Å². The topological polar surface area (TPSA) is 18.5 Å². The van der Waals surface area contributed by atoms with Gasteiger partial charge in [0.15, 0.2) is 11.5 Å². The van der Waals surface area contributed by atoms with Gasteiger partial charge in [0, 0.05) is 5.92 Å². The second-order valence-corrected chi connectivity index (χ2v) is 4.64. The molecule has 1 aliphatic rings. The van der Waals surface area contributed by atoms with Crippen molar-refractivity contribution < 1.29 is 18.3 Å². The molecule has 2 unspecified atom stereocenters. The first-order chi connectivity index (χ1) is 8.08. The Labute approximate surface area is 103 Å². The average Bonchev–Trinajstić information content (AvgIpc) is 2.50. The first-order valence-electron chi connectivity index (χ1n) is 5.39. The fourth-order valence-electron chi connectivity index (χ4n) is 1.59. The van der Waals surface area contributed by atoms with Crippen LogP contribution >= 0.6 is 11.6 Å². The summed E-state index contributed by atoms with van der Waals surface area (Å²) in [5.74, 6) is 1.34. The van der Waals surface area contributed by atoms with E-state index in [4.69, 9.17) is 21.1 Å². The third-order valence-electron chi connectivity index (χ3n) is 2.55. The summed E-state index contributed by atoms with van der Waals surface area (Å²) in [7, 11) is 0. The minimum absolute atomic E-state index is 0.271. The molecule has 0 radical (unpaired) electrons. The number of hydrogen-bond acceptors (Lipinski definition) is 2. The third kappa shape index (κ3) is 2.80. The van der Waals surface area contributed by atoms with Crippen LogP contribution in [0.1, 0.15) is 17.9 Å². The lowest BCUT2D eigenvalue weighted by Crippen LogP contribution is -2.12. The normalized spacial score (nSPS) is 21.1. The van der Waals surface area contributed by atoms with E-state index in [-0.39, 0.29) is 5.92 Å². The zero-order valence-corrected chi connectivity index (χ0v) is 10.1. The Morgan fingerprint density at radius 2 is 1.88 bits per heavy atom. The van der Waals surface area contributed by atoms with Gasteiger partial charge in [-0.1, -0.05) is 13.0 Å². The van der Waals surface area contributed by atoms with Crippen LogP contribution < -0.4 is 9.47 Å². The Balaban J connectivity index is 2.25. The van der Waals surface area contributed by atoms with Gasteiger partial charge in [-0.3, -0.25) is 0 Å². The van der Waals surface area contributed by atoms with Crippen LogP contribution in [0.5, 0.6) is 11.5 Å². The molecule has 2 nitrogen and oxygen atoms in total. The standard InChI is InChI=1S/C12H13ClF2O2/c1-7-5-16-9-3-2-8(11(13)12(14)15)4-10(9)17-6-7/h2-4,7,11-12H,5-6H2,1H3. The van der Waals surface area contributed by atoms with Crippen molar-refractivity contribution in [3.63, 3.8) is 0 Å². The van der Waals surface area contributed by atoms with Crippen LogP contribution in [-0.4, -0.2) is 19.6 Å².